The quantitative estimate of drug-likeness (QED) is 0.793. The predicted octanol–water partition coefficient (Wildman–Crippen LogP) is 1.64. The van der Waals surface area contributed by atoms with Crippen LogP contribution in [0, 0.1) is 5.82 Å². The molecule has 0 aliphatic carbocycles. The second-order valence-electron chi connectivity index (χ2n) is 3.39. The van der Waals surface area contributed by atoms with Crippen LogP contribution in [0.4, 0.5) is 4.39 Å². The molecule has 0 fully saturated rings. The van der Waals surface area contributed by atoms with Crippen molar-refractivity contribution in [1.29, 1.82) is 0 Å². The van der Waals surface area contributed by atoms with E-state index in [-0.39, 0.29) is 4.90 Å². The SMILES string of the molecule is CCc1ccc(F)cc1S(=O)(=O)N(C)C. The van der Waals surface area contributed by atoms with E-state index in [0.29, 0.717) is 12.0 Å². The second-order valence-corrected chi connectivity index (χ2v) is 5.51. The Morgan fingerprint density at radius 2 is 1.93 bits per heavy atom. The van der Waals surface area contributed by atoms with Crippen molar-refractivity contribution in [3.63, 3.8) is 0 Å². The molecule has 84 valence electrons. The number of sulfonamides is 1. The molecule has 0 saturated heterocycles. The lowest BCUT2D eigenvalue weighted by atomic mass is 10.2. The topological polar surface area (TPSA) is 37.4 Å². The molecule has 0 N–H and O–H groups in total. The third-order valence-electron chi connectivity index (χ3n) is 2.17. The zero-order chi connectivity index (χ0) is 11.6. The Hall–Kier alpha value is -0.940. The average molecular weight is 231 g/mol. The minimum atomic E-state index is -3.55. The van der Waals surface area contributed by atoms with Gasteiger partial charge in [0.1, 0.15) is 5.82 Å². The first kappa shape index (κ1) is 12.1. The van der Waals surface area contributed by atoms with Gasteiger partial charge in [-0.05, 0) is 24.1 Å². The maximum absolute atomic E-state index is 13.0. The second kappa shape index (κ2) is 4.28. The Labute approximate surface area is 89.6 Å². The Balaban J connectivity index is 3.42. The molecule has 0 aliphatic heterocycles. The largest absolute Gasteiger partial charge is 0.242 e. The molecule has 0 aromatic heterocycles. The third-order valence-corrected chi connectivity index (χ3v) is 4.07. The molecular weight excluding hydrogens is 217 g/mol. The van der Waals surface area contributed by atoms with Gasteiger partial charge in [-0.25, -0.2) is 17.1 Å². The first-order valence-electron chi connectivity index (χ1n) is 4.60. The van der Waals surface area contributed by atoms with E-state index in [2.05, 4.69) is 0 Å². The average Bonchev–Trinajstić information content (AvgIpc) is 2.17. The highest BCUT2D eigenvalue weighted by Crippen LogP contribution is 2.20. The Kier molecular flexibility index (Phi) is 3.46. The summed E-state index contributed by atoms with van der Waals surface area (Å²) in [5.41, 5.74) is 0.630. The first-order valence-corrected chi connectivity index (χ1v) is 6.04. The molecule has 1 aromatic carbocycles. The van der Waals surface area contributed by atoms with Gasteiger partial charge in [-0.15, -0.1) is 0 Å². The van der Waals surface area contributed by atoms with Crippen molar-refractivity contribution in [3.05, 3.63) is 29.6 Å². The molecule has 1 aromatic rings. The molecular formula is C10H14FNO2S. The molecule has 1 rings (SSSR count). The number of aryl methyl sites for hydroxylation is 1. The van der Waals surface area contributed by atoms with E-state index in [9.17, 15) is 12.8 Å². The van der Waals surface area contributed by atoms with Crippen molar-refractivity contribution in [1.82, 2.24) is 4.31 Å². The molecule has 0 unspecified atom stereocenters. The van der Waals surface area contributed by atoms with Crippen LogP contribution in [-0.2, 0) is 16.4 Å². The molecule has 15 heavy (non-hydrogen) atoms. The molecule has 0 bridgehead atoms. The maximum atomic E-state index is 13.0. The molecule has 0 spiro atoms. The van der Waals surface area contributed by atoms with E-state index in [1.807, 2.05) is 6.92 Å². The zero-order valence-electron chi connectivity index (χ0n) is 8.99. The lowest BCUT2D eigenvalue weighted by Gasteiger charge is -2.14. The number of hydrogen-bond donors (Lipinski definition) is 0. The molecule has 3 nitrogen and oxygen atoms in total. The van der Waals surface area contributed by atoms with Crippen molar-refractivity contribution in [2.24, 2.45) is 0 Å². The zero-order valence-corrected chi connectivity index (χ0v) is 9.81. The predicted molar refractivity (Wildman–Crippen MR) is 56.7 cm³/mol. The lowest BCUT2D eigenvalue weighted by molar-refractivity contribution is 0.518. The summed E-state index contributed by atoms with van der Waals surface area (Å²) in [7, 11) is -0.688. The number of benzene rings is 1. The normalized spacial score (nSPS) is 12.1. The van der Waals surface area contributed by atoms with Crippen LogP contribution in [0.15, 0.2) is 23.1 Å². The summed E-state index contributed by atoms with van der Waals surface area (Å²) in [6.45, 7) is 1.84. The molecule has 0 radical (unpaired) electrons. The molecule has 0 atom stereocenters. The van der Waals surface area contributed by atoms with Gasteiger partial charge in [0.05, 0.1) is 4.90 Å². The van der Waals surface area contributed by atoms with Crippen molar-refractivity contribution in [2.75, 3.05) is 14.1 Å². The number of rotatable bonds is 3. The van der Waals surface area contributed by atoms with E-state index < -0.39 is 15.8 Å². The van der Waals surface area contributed by atoms with Crippen LogP contribution < -0.4 is 0 Å². The summed E-state index contributed by atoms with van der Waals surface area (Å²) < 4.78 is 37.7. The first-order chi connectivity index (χ1) is 6.89. The standard InChI is InChI=1S/C10H14FNO2S/c1-4-8-5-6-9(11)7-10(8)15(13,14)12(2)3/h5-7H,4H2,1-3H3. The summed E-state index contributed by atoms with van der Waals surface area (Å²) in [6, 6.07) is 3.84. The Bertz CT molecular complexity index is 454. The van der Waals surface area contributed by atoms with Gasteiger partial charge in [0.2, 0.25) is 10.0 Å². The summed E-state index contributed by atoms with van der Waals surface area (Å²) in [6.07, 6.45) is 0.558. The van der Waals surface area contributed by atoms with Crippen LogP contribution in [0.25, 0.3) is 0 Å². The van der Waals surface area contributed by atoms with Crippen LogP contribution >= 0.6 is 0 Å². The minimum absolute atomic E-state index is 0.0509. The smallest absolute Gasteiger partial charge is 0.207 e. The van der Waals surface area contributed by atoms with Crippen LogP contribution in [0.5, 0.6) is 0 Å². The van der Waals surface area contributed by atoms with E-state index >= 15 is 0 Å². The molecule has 0 heterocycles. The highest BCUT2D eigenvalue weighted by atomic mass is 32.2. The fraction of sp³-hybridized carbons (Fsp3) is 0.400. The van der Waals surface area contributed by atoms with Crippen LogP contribution in [0.3, 0.4) is 0 Å². The van der Waals surface area contributed by atoms with Gasteiger partial charge in [0.25, 0.3) is 0 Å². The van der Waals surface area contributed by atoms with E-state index in [0.717, 1.165) is 10.4 Å². The van der Waals surface area contributed by atoms with Gasteiger partial charge >= 0.3 is 0 Å². The number of hydrogen-bond acceptors (Lipinski definition) is 2. The van der Waals surface area contributed by atoms with Crippen LogP contribution in [0.2, 0.25) is 0 Å². The molecule has 0 aliphatic rings. The van der Waals surface area contributed by atoms with Crippen molar-refractivity contribution in [2.45, 2.75) is 18.2 Å². The fourth-order valence-corrected chi connectivity index (χ4v) is 2.46. The summed E-state index contributed by atoms with van der Waals surface area (Å²) >= 11 is 0. The Morgan fingerprint density at radius 3 is 2.40 bits per heavy atom. The Morgan fingerprint density at radius 1 is 1.33 bits per heavy atom. The third kappa shape index (κ3) is 2.35. The van der Waals surface area contributed by atoms with Gasteiger partial charge in [-0.1, -0.05) is 13.0 Å². The van der Waals surface area contributed by atoms with Gasteiger partial charge in [-0.3, -0.25) is 0 Å². The van der Waals surface area contributed by atoms with Gasteiger partial charge < -0.3 is 0 Å². The van der Waals surface area contributed by atoms with Crippen molar-refractivity contribution in [3.8, 4) is 0 Å². The van der Waals surface area contributed by atoms with Gasteiger partial charge in [-0.2, -0.15) is 0 Å². The molecule has 0 amide bonds. The van der Waals surface area contributed by atoms with E-state index in [4.69, 9.17) is 0 Å². The number of nitrogens with zero attached hydrogens (tertiary/aromatic N) is 1. The highest BCUT2D eigenvalue weighted by Gasteiger charge is 2.20. The molecule has 5 heteroatoms. The van der Waals surface area contributed by atoms with Gasteiger partial charge in [0.15, 0.2) is 0 Å². The summed E-state index contributed by atoms with van der Waals surface area (Å²) in [5, 5.41) is 0. The maximum Gasteiger partial charge on any atom is 0.242 e. The van der Waals surface area contributed by atoms with Gasteiger partial charge in [0, 0.05) is 14.1 Å². The summed E-state index contributed by atoms with van der Waals surface area (Å²) in [4.78, 5) is 0.0509. The molecule has 0 saturated carbocycles. The summed E-state index contributed by atoms with van der Waals surface area (Å²) in [5.74, 6) is -0.535. The van der Waals surface area contributed by atoms with Crippen molar-refractivity contribution >= 4 is 10.0 Å². The van der Waals surface area contributed by atoms with E-state index in [1.165, 1.54) is 26.2 Å². The van der Waals surface area contributed by atoms with Crippen LogP contribution in [-0.4, -0.2) is 26.8 Å². The highest BCUT2D eigenvalue weighted by molar-refractivity contribution is 7.89. The lowest BCUT2D eigenvalue weighted by Crippen LogP contribution is -2.23. The minimum Gasteiger partial charge on any atom is -0.207 e. The monoisotopic (exact) mass is 231 g/mol. The number of halogens is 1. The van der Waals surface area contributed by atoms with Crippen molar-refractivity contribution < 1.29 is 12.8 Å². The fourth-order valence-electron chi connectivity index (χ4n) is 1.26. The van der Waals surface area contributed by atoms with Crippen LogP contribution in [0.1, 0.15) is 12.5 Å². The van der Waals surface area contributed by atoms with E-state index in [1.54, 1.807) is 0 Å².